The Morgan fingerprint density at radius 2 is 0.598 bits per heavy atom. The van der Waals surface area contributed by atoms with Crippen LogP contribution < -0.4 is 92.7 Å². The molecule has 112 heavy (non-hydrogen) atoms. The van der Waals surface area contributed by atoms with Crippen molar-refractivity contribution in [2.45, 2.75) is 154 Å². The van der Waals surface area contributed by atoms with E-state index >= 15 is 0 Å². The Bertz CT molecular complexity index is 3610. The molecule has 0 aromatic heterocycles. The maximum Gasteiger partial charge on any atom is 1.00 e. The molecule has 36 heteroatoms. The molecule has 0 saturated carbocycles. The minimum absolute atomic E-state index is 0. The number of halogens is 3. The molecule has 12 N–H and O–H groups in total. The van der Waals surface area contributed by atoms with Crippen LogP contribution in [0.4, 0.5) is 27.1 Å². The summed E-state index contributed by atoms with van der Waals surface area (Å²) in [7, 11) is 4.00. The molecule has 0 aliphatic rings. The van der Waals surface area contributed by atoms with Crippen molar-refractivity contribution in [3.8, 4) is 28.7 Å². The number of carboxylic acids is 4. The largest absolute Gasteiger partial charge is 1.00 e. The van der Waals surface area contributed by atoms with Gasteiger partial charge in [-0.05, 0) is 121 Å². The zero-order valence-electron chi connectivity index (χ0n) is 65.6. The van der Waals surface area contributed by atoms with Gasteiger partial charge in [0.15, 0.2) is 36.6 Å². The van der Waals surface area contributed by atoms with Gasteiger partial charge < -0.3 is 82.5 Å². The normalized spacial score (nSPS) is 11.8. The summed E-state index contributed by atoms with van der Waals surface area (Å²) in [4.78, 5) is 105. The summed E-state index contributed by atoms with van der Waals surface area (Å²) in [5.74, 6) is -3.58. The number of anilines is 1. The molecule has 0 amide bonds. The van der Waals surface area contributed by atoms with Crippen molar-refractivity contribution in [2.75, 3.05) is 27.1 Å². The molecule has 0 fully saturated rings. The molecule has 32 nitrogen and oxygen atoms in total. The number of aliphatic hydroxyl groups excluding tert-OH is 1. The van der Waals surface area contributed by atoms with Crippen LogP contribution in [-0.4, -0.2) is 146 Å². The number of methoxy groups -OCH3 is 3. The van der Waals surface area contributed by atoms with Gasteiger partial charge in [-0.2, -0.15) is 0 Å². The number of aliphatic hydroxyl groups is 1. The summed E-state index contributed by atoms with van der Waals surface area (Å²) >= 11 is 6.63. The number of esters is 3. The predicted molar refractivity (Wildman–Crippen MR) is 425 cm³/mol. The molecule has 7 atom stereocenters. The third kappa shape index (κ3) is 48.1. The van der Waals surface area contributed by atoms with Crippen LogP contribution >= 0.6 is 31.9 Å². The number of carbonyl (C=O) groups excluding carboxylic acids is 3. The molecular formula is C76H110Br2FKN6O26. The number of nitrogens with zero attached hydrogens (tertiary/aromatic N) is 3. The Morgan fingerprint density at radius 3 is 0.759 bits per heavy atom. The van der Waals surface area contributed by atoms with Crippen LogP contribution in [0.25, 0.3) is 0 Å². The van der Waals surface area contributed by atoms with Crippen LogP contribution in [0.15, 0.2) is 155 Å². The van der Waals surface area contributed by atoms with Gasteiger partial charge in [-0.15, -0.1) is 0 Å². The number of non-ortho nitro benzene ring substituents is 3. The third-order valence-electron chi connectivity index (χ3n) is 13.7. The average Bonchev–Trinajstić information content (AvgIpc) is 0.904. The van der Waals surface area contributed by atoms with E-state index in [4.69, 9.17) is 65.4 Å². The predicted octanol–water partition coefficient (Wildman–Crippen LogP) is 12.5. The second kappa shape index (κ2) is 60.6. The first-order valence-corrected chi connectivity index (χ1v) is 34.5. The first-order valence-electron chi connectivity index (χ1n) is 32.9. The van der Waals surface area contributed by atoms with Crippen molar-refractivity contribution in [2.24, 2.45) is 47.2 Å². The maximum atomic E-state index is 12.1. The average molecular weight is 1740 g/mol. The summed E-state index contributed by atoms with van der Waals surface area (Å²) in [5, 5.41) is 73.7. The van der Waals surface area contributed by atoms with Crippen LogP contribution in [0.2, 0.25) is 0 Å². The number of carboxylic acid groups (broad SMARTS) is 4. The molecule has 0 spiro atoms. The number of ether oxygens (including phenoxy) is 8. The Morgan fingerprint density at radius 1 is 0.384 bits per heavy atom. The topological polar surface area (TPSA) is 511 Å². The molecule has 0 aliphatic heterocycles. The number of hydrogen-bond donors (Lipinski definition) is 8. The number of nitro groups is 3. The van der Waals surface area contributed by atoms with Gasteiger partial charge in [0, 0.05) is 80.6 Å². The number of benzene rings is 6. The van der Waals surface area contributed by atoms with E-state index in [2.05, 4.69) is 41.3 Å². The number of aliphatic carboxylic acids is 4. The molecule has 6 aromatic rings. The fourth-order valence-electron chi connectivity index (χ4n) is 7.39. The molecule has 6 aromatic carbocycles. The van der Waals surface area contributed by atoms with Gasteiger partial charge in [-0.3, -0.25) is 35.1 Å². The van der Waals surface area contributed by atoms with Crippen LogP contribution in [-0.2, 0) is 47.8 Å². The number of nitrogens with two attached hydrogens (primary N) is 2. The fraction of sp³-hybridized carbons (Fsp3) is 0.434. The quantitative estimate of drug-likeness (QED) is 0.00593. The summed E-state index contributed by atoms with van der Waals surface area (Å²) in [6, 6.07) is 35.9. The number of nitrogen functional groups attached to an aromatic ring is 1. The van der Waals surface area contributed by atoms with Crippen molar-refractivity contribution >= 4 is 96.4 Å². The number of nitro benzene ring substituents is 3. The third-order valence-corrected chi connectivity index (χ3v) is 14.7. The van der Waals surface area contributed by atoms with E-state index in [0.29, 0.717) is 34.4 Å². The Hall–Kier alpha value is -8.98. The summed E-state index contributed by atoms with van der Waals surface area (Å²) in [5.41, 5.74) is 11.2. The van der Waals surface area contributed by atoms with Gasteiger partial charge in [0.1, 0.15) is 40.6 Å². The molecule has 0 aliphatic carbocycles. The molecular weight excluding hydrogens is 1630 g/mol. The summed E-state index contributed by atoms with van der Waals surface area (Å²) in [6.45, 7) is 25.2. The Balaban J connectivity index is -0.000000229. The van der Waals surface area contributed by atoms with E-state index in [9.17, 15) is 68.3 Å². The minimum atomic E-state index is -1.21. The first-order chi connectivity index (χ1) is 50.3. The molecule has 0 bridgehead atoms. The maximum absolute atomic E-state index is 12.1. The summed E-state index contributed by atoms with van der Waals surface area (Å²) in [6.07, 6.45) is -4.85. The van der Waals surface area contributed by atoms with E-state index in [1.165, 1.54) is 69.9 Å². The first kappa shape index (κ1) is 114. The van der Waals surface area contributed by atoms with Crippen molar-refractivity contribution < 1.29 is 169 Å². The number of rotatable bonds is 27. The van der Waals surface area contributed by atoms with E-state index < -0.39 is 93.1 Å². The SMILES string of the molecule is C.C.CC(C)C(N)C(=O)O.CC(C)C(O)C(=O)O.CC(C)C(Oc1ccc(Br)cc1)C(=O)O.CC(C)C(Oc1ccc([N+](=O)[O-])cc1)C(=O)O.COC(=O)C(Oc1ccc(Br)cc1)C(C)C.COC(=O)C(Oc1ccc(N)cc1)C(C)C.COC(=O)C(Oc1ccc([N+](=O)[O-])cc1)C(C)C.N.O=[N+]([O-])c1ccc(F)cc1.[H-].[K+]. The van der Waals surface area contributed by atoms with Crippen LogP contribution in [0.5, 0.6) is 28.7 Å². The van der Waals surface area contributed by atoms with Gasteiger partial charge in [0.25, 0.3) is 17.1 Å². The van der Waals surface area contributed by atoms with E-state index in [0.717, 1.165) is 33.2 Å². The van der Waals surface area contributed by atoms with Crippen molar-refractivity contribution in [3.63, 3.8) is 0 Å². The number of hydrogen-bond acceptors (Lipinski definition) is 25. The van der Waals surface area contributed by atoms with Crippen LogP contribution in [0.3, 0.4) is 0 Å². The second-order valence-corrected chi connectivity index (χ2v) is 26.8. The zero-order valence-corrected chi connectivity index (χ0v) is 70.9. The fourth-order valence-corrected chi connectivity index (χ4v) is 7.92. The molecule has 0 radical (unpaired) electrons. The van der Waals surface area contributed by atoms with E-state index in [1.54, 1.807) is 77.9 Å². The zero-order chi connectivity index (χ0) is 83.4. The summed E-state index contributed by atoms with van der Waals surface area (Å²) < 4.78 is 55.3. The monoisotopic (exact) mass is 1740 g/mol. The van der Waals surface area contributed by atoms with Crippen LogP contribution in [0, 0.1) is 77.6 Å². The molecule has 0 saturated heterocycles. The van der Waals surface area contributed by atoms with Gasteiger partial charge in [0.2, 0.25) is 0 Å². The molecule has 622 valence electrons. The number of carbonyl (C=O) groups is 7. The van der Waals surface area contributed by atoms with Crippen molar-refractivity contribution in [1.29, 1.82) is 0 Å². The minimum Gasteiger partial charge on any atom is -1.00 e. The van der Waals surface area contributed by atoms with Gasteiger partial charge in [0.05, 0.1) is 36.1 Å². The van der Waals surface area contributed by atoms with Gasteiger partial charge in [-0.25, -0.2) is 33.2 Å². The Kier molecular flexibility index (Phi) is 61.7. The van der Waals surface area contributed by atoms with Crippen LogP contribution in [0.1, 0.15) is 113 Å². The molecule has 0 heterocycles. The van der Waals surface area contributed by atoms with Gasteiger partial charge in [-0.1, -0.05) is 144 Å². The van der Waals surface area contributed by atoms with Gasteiger partial charge >= 0.3 is 93.2 Å². The van der Waals surface area contributed by atoms with Crippen molar-refractivity contribution in [3.05, 3.63) is 191 Å². The smallest absolute Gasteiger partial charge is 1.00 e. The Labute approximate surface area is 713 Å². The molecule has 7 unspecified atom stereocenters. The van der Waals surface area contributed by atoms with E-state index in [1.807, 2.05) is 91.8 Å². The van der Waals surface area contributed by atoms with E-state index in [-0.39, 0.29) is 144 Å². The molecule has 6 rings (SSSR count). The second-order valence-electron chi connectivity index (χ2n) is 25.0. The van der Waals surface area contributed by atoms with Crippen molar-refractivity contribution in [1.82, 2.24) is 6.15 Å². The standard InChI is InChI=1S/C12H15BrO3.C12H15NO5.C12H17NO3.C11H13BrO3.C11H13NO5.C6H4FNO2.C5H11NO2.C5H10O3.2CH4.K.H3N.H/c1-8(2)11(12(14)15-3)16-10-6-4-9(13)5-7-10;1-8(2)11(12(14)17-3)18-10-6-4-9(5-7-10)13(15)16;1-8(2)11(12(14)15-3)16-10-6-4-9(13)5-7-10;1-7(2)10(11(13)14)15-9-5-3-8(12)4-6-9;1-7(2)10(11(13)14)17-9-5-3-8(4-6-9)12(15)16;7-5-1-3-6(4-2-5)8(9)10;2*1-3(2)4(6)5(7)8;;;;;/h4-8,11H,1-3H3;4-8,11H,1-3H3;4-8,11H,13H2,1-3H3;3-7,10H,1-2H3,(H,13,14);3-7,10H,1-2H3,(H,13,14);1-4H;3-4H,6H2,1-2H3,(H,7,8);3-4,6H,1-2H3,(H,7,8);2*1H4;;1H3;/q;;;;;;;;;;+1;;-1.